The zero-order chi connectivity index (χ0) is 20.2. The van der Waals surface area contributed by atoms with Crippen molar-refractivity contribution in [2.45, 2.75) is 18.8 Å². The van der Waals surface area contributed by atoms with E-state index in [1.807, 2.05) is 43.6 Å². The zero-order valence-corrected chi connectivity index (χ0v) is 16.1. The van der Waals surface area contributed by atoms with Gasteiger partial charge >= 0.3 is 0 Å². The highest BCUT2D eigenvalue weighted by atomic mass is 16.5. The Morgan fingerprint density at radius 2 is 2.10 bits per heavy atom. The van der Waals surface area contributed by atoms with Crippen LogP contribution in [0.5, 0.6) is 0 Å². The number of amides is 1. The molecule has 0 saturated carbocycles. The van der Waals surface area contributed by atoms with Gasteiger partial charge in [-0.2, -0.15) is 5.10 Å². The molecule has 150 valence electrons. The van der Waals surface area contributed by atoms with Crippen LogP contribution in [0.4, 0.5) is 5.82 Å². The number of ether oxygens (including phenoxy) is 2. The van der Waals surface area contributed by atoms with Gasteiger partial charge in [0.05, 0.1) is 37.6 Å². The molecule has 29 heavy (non-hydrogen) atoms. The van der Waals surface area contributed by atoms with E-state index in [1.165, 1.54) is 0 Å². The van der Waals surface area contributed by atoms with Crippen LogP contribution in [-0.2, 0) is 23.1 Å². The third-order valence-electron chi connectivity index (χ3n) is 4.85. The van der Waals surface area contributed by atoms with E-state index in [4.69, 9.17) is 15.2 Å². The normalized spacial score (nSPS) is 18.7. The Bertz CT molecular complexity index is 989. The average Bonchev–Trinajstić information content (AvgIpc) is 3.36. The minimum Gasteiger partial charge on any atom is -0.383 e. The van der Waals surface area contributed by atoms with Gasteiger partial charge < -0.3 is 20.5 Å². The molecule has 4 rings (SSSR count). The van der Waals surface area contributed by atoms with Crippen molar-refractivity contribution < 1.29 is 14.3 Å². The number of aromatic nitrogens is 3. The van der Waals surface area contributed by atoms with Gasteiger partial charge in [-0.25, -0.2) is 4.98 Å². The molecule has 1 amide bonds. The van der Waals surface area contributed by atoms with Crippen LogP contribution < -0.4 is 11.1 Å². The number of anilines is 1. The first-order valence-electron chi connectivity index (χ1n) is 9.39. The fourth-order valence-electron chi connectivity index (χ4n) is 3.24. The molecule has 2 aromatic heterocycles. The topological polar surface area (TPSA) is 104 Å². The highest BCUT2D eigenvalue weighted by Gasteiger charge is 2.31. The summed E-state index contributed by atoms with van der Waals surface area (Å²) in [7, 11) is 1.83. The number of nitrogen functional groups attached to an aromatic ring is 1. The number of aryl methyl sites for hydroxylation is 1. The number of nitrogens with two attached hydrogens (primary N) is 1. The molecule has 0 spiro atoms. The Morgan fingerprint density at radius 3 is 2.86 bits per heavy atom. The van der Waals surface area contributed by atoms with Crippen molar-refractivity contribution in [1.29, 1.82) is 0 Å². The highest BCUT2D eigenvalue weighted by Crippen LogP contribution is 2.22. The van der Waals surface area contributed by atoms with Gasteiger partial charge in [-0.1, -0.05) is 30.3 Å². The number of hydrogen-bond acceptors (Lipinski definition) is 6. The van der Waals surface area contributed by atoms with E-state index in [2.05, 4.69) is 15.4 Å². The van der Waals surface area contributed by atoms with Crippen LogP contribution in [-0.4, -0.2) is 46.0 Å². The molecule has 2 atom stereocenters. The minimum atomic E-state index is -0.301. The van der Waals surface area contributed by atoms with Crippen molar-refractivity contribution in [2.24, 2.45) is 7.05 Å². The molecule has 0 radical (unpaired) electrons. The lowest BCUT2D eigenvalue weighted by Gasteiger charge is -2.20. The number of carbonyl (C=O) groups is 1. The number of hydrogen-bond donors (Lipinski definition) is 2. The fourth-order valence-corrected chi connectivity index (χ4v) is 3.24. The van der Waals surface area contributed by atoms with E-state index >= 15 is 0 Å². The number of nitrogens with zero attached hydrogens (tertiary/aromatic N) is 3. The summed E-state index contributed by atoms with van der Waals surface area (Å²) in [6.07, 6.45) is 4.98. The molecular weight excluding hydrogens is 370 g/mol. The minimum absolute atomic E-state index is 0.177. The Morgan fingerprint density at radius 1 is 1.28 bits per heavy atom. The molecule has 8 nitrogen and oxygen atoms in total. The predicted molar refractivity (Wildman–Crippen MR) is 108 cm³/mol. The van der Waals surface area contributed by atoms with Gasteiger partial charge in [0, 0.05) is 30.6 Å². The molecule has 0 bridgehead atoms. The maximum atomic E-state index is 12.9. The van der Waals surface area contributed by atoms with E-state index in [0.29, 0.717) is 25.4 Å². The zero-order valence-electron chi connectivity index (χ0n) is 16.1. The molecule has 8 heteroatoms. The second-order valence-electron chi connectivity index (χ2n) is 7.01. The van der Waals surface area contributed by atoms with Crippen molar-refractivity contribution >= 4 is 11.7 Å². The van der Waals surface area contributed by atoms with Gasteiger partial charge in [-0.15, -0.1) is 0 Å². The maximum Gasteiger partial charge on any atom is 0.255 e. The summed E-state index contributed by atoms with van der Waals surface area (Å²) in [6, 6.07) is 11.4. The molecule has 1 aromatic carbocycles. The first-order chi connectivity index (χ1) is 14.1. The first-order valence-corrected chi connectivity index (χ1v) is 9.39. The molecule has 1 aliphatic rings. The molecule has 3 aromatic rings. The summed E-state index contributed by atoms with van der Waals surface area (Å²) >= 11 is 0. The molecule has 1 fully saturated rings. The van der Waals surface area contributed by atoms with Gasteiger partial charge in [0.1, 0.15) is 11.9 Å². The van der Waals surface area contributed by atoms with Crippen LogP contribution >= 0.6 is 0 Å². The molecule has 1 aliphatic heterocycles. The first kappa shape index (κ1) is 19.1. The average molecular weight is 393 g/mol. The Balaban J connectivity index is 1.44. The maximum absolute atomic E-state index is 12.9. The molecule has 2 unspecified atom stereocenters. The fraction of sp³-hybridized carbons (Fsp3) is 0.286. The number of carbonyl (C=O) groups excluding carboxylic acids is 1. The van der Waals surface area contributed by atoms with E-state index in [0.717, 1.165) is 16.7 Å². The Kier molecular flexibility index (Phi) is 5.55. The van der Waals surface area contributed by atoms with E-state index in [1.54, 1.807) is 23.1 Å². The van der Waals surface area contributed by atoms with Crippen molar-refractivity contribution in [3.63, 3.8) is 0 Å². The molecular formula is C21H23N5O3. The van der Waals surface area contributed by atoms with Crippen LogP contribution in [0.25, 0.3) is 11.1 Å². The van der Waals surface area contributed by atoms with E-state index < -0.39 is 0 Å². The van der Waals surface area contributed by atoms with Crippen molar-refractivity contribution in [1.82, 2.24) is 20.1 Å². The lowest BCUT2D eigenvalue weighted by Crippen LogP contribution is -2.44. The third kappa shape index (κ3) is 4.44. The quantitative estimate of drug-likeness (QED) is 0.662. The second-order valence-corrected chi connectivity index (χ2v) is 7.01. The molecule has 0 aliphatic carbocycles. The summed E-state index contributed by atoms with van der Waals surface area (Å²) < 4.78 is 13.2. The summed E-state index contributed by atoms with van der Waals surface area (Å²) in [5.74, 6) is -0.125. The standard InChI is InChI=1S/C21H23N5O3/c1-26-10-16(9-24-26)15-7-17(20(22)23-8-15)21(27)25-18-12-28-13-19(18)29-11-14-5-3-2-4-6-14/h2-10,18-19H,11-13H2,1H3,(H2,22,23)(H,25,27). The monoisotopic (exact) mass is 393 g/mol. The summed E-state index contributed by atoms with van der Waals surface area (Å²) in [4.78, 5) is 17.0. The van der Waals surface area contributed by atoms with Crippen LogP contribution in [0, 0.1) is 0 Å². The lowest BCUT2D eigenvalue weighted by molar-refractivity contribution is 0.0218. The van der Waals surface area contributed by atoms with Crippen molar-refractivity contribution in [2.75, 3.05) is 18.9 Å². The summed E-state index contributed by atoms with van der Waals surface area (Å²) in [5.41, 5.74) is 8.99. The number of pyridine rings is 1. The van der Waals surface area contributed by atoms with Crippen molar-refractivity contribution in [3.05, 3.63) is 66.1 Å². The lowest BCUT2D eigenvalue weighted by atomic mass is 10.1. The number of rotatable bonds is 6. The summed E-state index contributed by atoms with van der Waals surface area (Å²) in [6.45, 7) is 1.28. The molecule has 3 N–H and O–H groups in total. The molecule has 3 heterocycles. The smallest absolute Gasteiger partial charge is 0.255 e. The Hall–Kier alpha value is -3.23. The van der Waals surface area contributed by atoms with Gasteiger partial charge in [-0.3, -0.25) is 9.48 Å². The van der Waals surface area contributed by atoms with Crippen molar-refractivity contribution in [3.8, 4) is 11.1 Å². The van der Waals surface area contributed by atoms with Crippen LogP contribution in [0.3, 0.4) is 0 Å². The van der Waals surface area contributed by atoms with Gasteiger partial charge in [-0.05, 0) is 11.6 Å². The van der Waals surface area contributed by atoms with E-state index in [9.17, 15) is 4.79 Å². The second kappa shape index (κ2) is 8.42. The number of nitrogens with one attached hydrogen (secondary N) is 1. The SMILES string of the molecule is Cn1cc(-c2cnc(N)c(C(=O)NC3COCC3OCc3ccccc3)c2)cn1. The Labute approximate surface area is 168 Å². The van der Waals surface area contributed by atoms with Crippen LogP contribution in [0.2, 0.25) is 0 Å². The van der Waals surface area contributed by atoms with Crippen LogP contribution in [0.1, 0.15) is 15.9 Å². The third-order valence-corrected chi connectivity index (χ3v) is 4.85. The highest BCUT2D eigenvalue weighted by molar-refractivity contribution is 5.99. The summed E-state index contributed by atoms with van der Waals surface area (Å²) in [5, 5.41) is 7.13. The molecule has 1 saturated heterocycles. The largest absolute Gasteiger partial charge is 0.383 e. The number of benzene rings is 1. The van der Waals surface area contributed by atoms with Gasteiger partial charge in [0.2, 0.25) is 0 Å². The van der Waals surface area contributed by atoms with Gasteiger partial charge in [0.25, 0.3) is 5.91 Å². The van der Waals surface area contributed by atoms with Gasteiger partial charge in [0.15, 0.2) is 0 Å². The van der Waals surface area contributed by atoms with Crippen LogP contribution in [0.15, 0.2) is 55.0 Å². The predicted octanol–water partition coefficient (Wildman–Crippen LogP) is 1.78. The van der Waals surface area contributed by atoms with E-state index in [-0.39, 0.29) is 23.9 Å².